The van der Waals surface area contributed by atoms with Crippen molar-refractivity contribution in [3.05, 3.63) is 76.1 Å². The van der Waals surface area contributed by atoms with Crippen molar-refractivity contribution < 1.29 is 9.53 Å². The van der Waals surface area contributed by atoms with Crippen LogP contribution in [-0.2, 0) is 0 Å². The van der Waals surface area contributed by atoms with Gasteiger partial charge in [-0.05, 0) is 12.1 Å². The minimum atomic E-state index is -0.286. The molecule has 5 heteroatoms. The van der Waals surface area contributed by atoms with Gasteiger partial charge in [-0.15, -0.1) is 0 Å². The molecule has 1 aliphatic heterocycles. The van der Waals surface area contributed by atoms with Gasteiger partial charge in [-0.2, -0.15) is 0 Å². The van der Waals surface area contributed by atoms with Crippen molar-refractivity contribution in [2.24, 2.45) is 0 Å². The van der Waals surface area contributed by atoms with Gasteiger partial charge in [0.1, 0.15) is 5.75 Å². The zero-order valence-electron chi connectivity index (χ0n) is 12.9. The number of aromatic nitrogens is 1. The second-order valence-corrected chi connectivity index (χ2v) is 5.79. The van der Waals surface area contributed by atoms with Gasteiger partial charge in [0.05, 0.1) is 18.2 Å². The molecule has 2 heterocycles. The summed E-state index contributed by atoms with van der Waals surface area (Å²) in [4.78, 5) is 27.4. The van der Waals surface area contributed by atoms with Gasteiger partial charge in [0.25, 0.3) is 5.91 Å². The van der Waals surface area contributed by atoms with Crippen LogP contribution in [0.5, 0.6) is 5.75 Å². The zero-order valence-corrected chi connectivity index (χ0v) is 12.9. The van der Waals surface area contributed by atoms with Crippen LogP contribution in [0.3, 0.4) is 0 Å². The first-order valence-corrected chi connectivity index (χ1v) is 7.87. The molecule has 0 saturated carbocycles. The van der Waals surface area contributed by atoms with Crippen molar-refractivity contribution in [1.29, 1.82) is 0 Å². The number of pyridine rings is 1. The van der Waals surface area contributed by atoms with E-state index in [2.05, 4.69) is 10.3 Å². The van der Waals surface area contributed by atoms with Gasteiger partial charge in [0.2, 0.25) is 5.56 Å². The number of carbonyl (C=O) groups excluding carboxylic acids is 1. The van der Waals surface area contributed by atoms with Crippen LogP contribution in [0.15, 0.2) is 59.4 Å². The number of carbonyl (C=O) groups is 1. The molecule has 0 saturated heterocycles. The highest BCUT2D eigenvalue weighted by atomic mass is 16.5. The van der Waals surface area contributed by atoms with Gasteiger partial charge < -0.3 is 15.0 Å². The van der Waals surface area contributed by atoms with Crippen LogP contribution in [0.25, 0.3) is 10.9 Å². The summed E-state index contributed by atoms with van der Waals surface area (Å²) >= 11 is 0. The molecule has 3 aromatic rings. The predicted molar refractivity (Wildman–Crippen MR) is 91.3 cm³/mol. The highest BCUT2D eigenvalue weighted by Gasteiger charge is 2.23. The Morgan fingerprint density at radius 3 is 2.83 bits per heavy atom. The number of H-pyrrole nitrogens is 1. The number of hydrogen-bond acceptors (Lipinski definition) is 3. The summed E-state index contributed by atoms with van der Waals surface area (Å²) in [6.45, 7) is 0.554. The predicted octanol–water partition coefficient (Wildman–Crippen LogP) is 2.78. The van der Waals surface area contributed by atoms with E-state index >= 15 is 0 Å². The van der Waals surface area contributed by atoms with Gasteiger partial charge >= 0.3 is 0 Å². The molecule has 1 aliphatic rings. The van der Waals surface area contributed by atoms with Gasteiger partial charge in [-0.1, -0.05) is 36.4 Å². The third kappa shape index (κ3) is 2.54. The Kier molecular flexibility index (Phi) is 3.54. The average Bonchev–Trinajstić information content (AvgIpc) is 2.61. The lowest BCUT2D eigenvalue weighted by molar-refractivity contribution is 0.0926. The average molecular weight is 320 g/mol. The van der Waals surface area contributed by atoms with E-state index in [1.54, 1.807) is 6.07 Å². The number of rotatable bonds is 2. The van der Waals surface area contributed by atoms with E-state index in [1.165, 1.54) is 6.07 Å². The summed E-state index contributed by atoms with van der Waals surface area (Å²) in [5.41, 5.74) is 1.72. The van der Waals surface area contributed by atoms with Gasteiger partial charge in [0, 0.05) is 29.0 Å². The molecule has 0 bridgehead atoms. The number of fused-ring (bicyclic) bond motifs is 2. The second-order valence-electron chi connectivity index (χ2n) is 5.79. The first-order valence-electron chi connectivity index (χ1n) is 7.87. The molecule has 1 aromatic heterocycles. The number of para-hydroxylation sites is 2. The number of amides is 1. The Bertz CT molecular complexity index is 978. The van der Waals surface area contributed by atoms with Crippen molar-refractivity contribution in [3.8, 4) is 5.75 Å². The molecular formula is C19H16N2O3. The smallest absolute Gasteiger partial charge is 0.252 e. The van der Waals surface area contributed by atoms with E-state index < -0.39 is 0 Å². The fourth-order valence-electron chi connectivity index (χ4n) is 3.12. The standard InChI is InChI=1S/C19H16N2O3/c22-18-11-14(12-5-1-3-7-15(12)20-18)19(23)21-16-9-10-24-17-8-4-2-6-13(16)17/h1-8,11,16H,9-10H2,(H,20,22)(H,21,23). The molecule has 0 radical (unpaired) electrons. The maximum absolute atomic E-state index is 12.8. The van der Waals surface area contributed by atoms with Crippen molar-refractivity contribution in [2.45, 2.75) is 12.5 Å². The number of aromatic amines is 1. The Hall–Kier alpha value is -3.08. The molecule has 0 fully saturated rings. The molecule has 0 aliphatic carbocycles. The van der Waals surface area contributed by atoms with Crippen LogP contribution in [0.4, 0.5) is 0 Å². The lowest BCUT2D eigenvalue weighted by Gasteiger charge is -2.26. The highest BCUT2D eigenvalue weighted by molar-refractivity contribution is 6.06. The molecule has 1 amide bonds. The van der Waals surface area contributed by atoms with E-state index in [9.17, 15) is 9.59 Å². The maximum atomic E-state index is 12.8. The first-order chi connectivity index (χ1) is 11.7. The van der Waals surface area contributed by atoms with Gasteiger partial charge in [-0.3, -0.25) is 9.59 Å². The van der Waals surface area contributed by atoms with Crippen LogP contribution < -0.4 is 15.6 Å². The maximum Gasteiger partial charge on any atom is 0.252 e. The third-order valence-electron chi connectivity index (χ3n) is 4.26. The van der Waals surface area contributed by atoms with E-state index in [1.807, 2.05) is 42.5 Å². The molecule has 2 N–H and O–H groups in total. The molecule has 24 heavy (non-hydrogen) atoms. The van der Waals surface area contributed by atoms with Crippen molar-refractivity contribution >= 4 is 16.8 Å². The van der Waals surface area contributed by atoms with E-state index in [4.69, 9.17) is 4.74 Å². The van der Waals surface area contributed by atoms with Crippen LogP contribution in [0, 0.1) is 0 Å². The lowest BCUT2D eigenvalue weighted by Crippen LogP contribution is -2.32. The zero-order chi connectivity index (χ0) is 16.5. The highest BCUT2D eigenvalue weighted by Crippen LogP contribution is 2.31. The minimum Gasteiger partial charge on any atom is -0.493 e. The van der Waals surface area contributed by atoms with E-state index in [0.29, 0.717) is 24.1 Å². The van der Waals surface area contributed by atoms with Crippen LogP contribution in [0.1, 0.15) is 28.4 Å². The molecule has 1 unspecified atom stereocenters. The molecule has 5 nitrogen and oxygen atoms in total. The summed E-state index contributed by atoms with van der Waals surface area (Å²) in [6, 6.07) is 16.2. The Labute approximate surface area is 138 Å². The summed E-state index contributed by atoms with van der Waals surface area (Å²) in [6.07, 6.45) is 0.698. The molecule has 0 spiro atoms. The number of benzene rings is 2. The molecule has 4 rings (SSSR count). The largest absolute Gasteiger partial charge is 0.493 e. The van der Waals surface area contributed by atoms with Crippen LogP contribution in [0.2, 0.25) is 0 Å². The molecule has 120 valence electrons. The second kappa shape index (κ2) is 5.85. The topological polar surface area (TPSA) is 71.2 Å². The fraction of sp³-hybridized carbons (Fsp3) is 0.158. The molecular weight excluding hydrogens is 304 g/mol. The van der Waals surface area contributed by atoms with E-state index in [-0.39, 0.29) is 17.5 Å². The van der Waals surface area contributed by atoms with Gasteiger partial charge in [-0.25, -0.2) is 0 Å². The number of hydrogen-bond donors (Lipinski definition) is 2. The normalized spacial score (nSPS) is 16.2. The quantitative estimate of drug-likeness (QED) is 0.763. The van der Waals surface area contributed by atoms with Gasteiger partial charge in [0.15, 0.2) is 0 Å². The first kappa shape index (κ1) is 14.5. The summed E-state index contributed by atoms with van der Waals surface area (Å²) < 4.78 is 5.62. The Morgan fingerprint density at radius 2 is 1.92 bits per heavy atom. The molecule has 1 atom stereocenters. The van der Waals surface area contributed by atoms with Crippen molar-refractivity contribution in [2.75, 3.05) is 6.61 Å². The van der Waals surface area contributed by atoms with Crippen molar-refractivity contribution in [3.63, 3.8) is 0 Å². The summed E-state index contributed by atoms with van der Waals surface area (Å²) in [7, 11) is 0. The van der Waals surface area contributed by atoms with Crippen LogP contribution in [-0.4, -0.2) is 17.5 Å². The Balaban J connectivity index is 1.70. The van der Waals surface area contributed by atoms with Crippen molar-refractivity contribution in [1.82, 2.24) is 10.3 Å². The summed E-state index contributed by atoms with van der Waals surface area (Å²) in [5.74, 6) is 0.545. The lowest BCUT2D eigenvalue weighted by atomic mass is 9.99. The fourth-order valence-corrected chi connectivity index (χ4v) is 3.12. The number of nitrogens with one attached hydrogen (secondary N) is 2. The monoisotopic (exact) mass is 320 g/mol. The molecule has 2 aromatic carbocycles. The Morgan fingerprint density at radius 1 is 1.12 bits per heavy atom. The number of ether oxygens (including phenoxy) is 1. The summed E-state index contributed by atoms with van der Waals surface area (Å²) in [5, 5.41) is 3.77. The SMILES string of the molecule is O=C(NC1CCOc2ccccc21)c1cc(=O)[nH]c2ccccc12. The minimum absolute atomic E-state index is 0.125. The third-order valence-corrected chi connectivity index (χ3v) is 4.26. The van der Waals surface area contributed by atoms with E-state index in [0.717, 1.165) is 16.7 Å². The van der Waals surface area contributed by atoms with Crippen LogP contribution >= 0.6 is 0 Å².